The number of amides is 1. The molecule has 0 unspecified atom stereocenters. The van der Waals surface area contributed by atoms with Crippen LogP contribution < -0.4 is 5.43 Å². The number of hydrazone groups is 1. The quantitative estimate of drug-likeness (QED) is 0.506. The number of aromatic nitrogens is 2. The molecule has 1 heterocycles. The summed E-state index contributed by atoms with van der Waals surface area (Å²) in [5, 5.41) is 8.86. The molecule has 0 aliphatic carbocycles. The fourth-order valence-corrected chi connectivity index (χ4v) is 3.04. The van der Waals surface area contributed by atoms with E-state index in [9.17, 15) is 4.79 Å². The Bertz CT molecular complexity index is 938. The molecule has 0 saturated carbocycles. The van der Waals surface area contributed by atoms with Gasteiger partial charge in [-0.2, -0.15) is 10.2 Å². The fourth-order valence-electron chi connectivity index (χ4n) is 2.26. The molecule has 7 heteroatoms. The Kier molecular flexibility index (Phi) is 5.31. The van der Waals surface area contributed by atoms with Crippen LogP contribution in [-0.2, 0) is 0 Å². The topological polar surface area (TPSA) is 59.3 Å². The summed E-state index contributed by atoms with van der Waals surface area (Å²) in [5.41, 5.74) is 5.22. The van der Waals surface area contributed by atoms with Crippen molar-refractivity contribution in [1.29, 1.82) is 0 Å². The fraction of sp³-hybridized carbons (Fsp3) is 0.0556. The molecule has 1 N–H and O–H groups in total. The second kappa shape index (κ2) is 7.63. The number of aryl methyl sites for hydroxylation is 1. The van der Waals surface area contributed by atoms with Crippen molar-refractivity contribution in [2.45, 2.75) is 6.92 Å². The number of rotatable bonds is 4. The van der Waals surface area contributed by atoms with Gasteiger partial charge in [0.2, 0.25) is 0 Å². The zero-order valence-electron chi connectivity index (χ0n) is 13.3. The molecule has 0 radical (unpaired) electrons. The van der Waals surface area contributed by atoms with Gasteiger partial charge in [-0.15, -0.1) is 0 Å². The minimum atomic E-state index is -0.312. The number of carbonyl (C=O) groups is 1. The van der Waals surface area contributed by atoms with Crippen molar-refractivity contribution in [3.05, 3.63) is 81.0 Å². The van der Waals surface area contributed by atoms with Gasteiger partial charge in [-0.05, 0) is 47.1 Å². The summed E-state index contributed by atoms with van der Waals surface area (Å²) in [5.74, 6) is -0.312. The first-order valence-electron chi connectivity index (χ1n) is 7.46. The van der Waals surface area contributed by atoms with Crippen LogP contribution in [0.25, 0.3) is 5.69 Å². The van der Waals surface area contributed by atoms with Crippen molar-refractivity contribution in [3.8, 4) is 5.69 Å². The van der Waals surface area contributed by atoms with Gasteiger partial charge in [-0.1, -0.05) is 41.9 Å². The first-order valence-corrected chi connectivity index (χ1v) is 8.63. The van der Waals surface area contributed by atoms with Gasteiger partial charge in [0.25, 0.3) is 5.91 Å². The Morgan fingerprint density at radius 3 is 2.60 bits per heavy atom. The maximum absolute atomic E-state index is 12.1. The monoisotopic (exact) mass is 416 g/mol. The summed E-state index contributed by atoms with van der Waals surface area (Å²) in [6.07, 6.45) is 1.50. The van der Waals surface area contributed by atoms with E-state index in [4.69, 9.17) is 11.6 Å². The van der Waals surface area contributed by atoms with Crippen molar-refractivity contribution in [3.63, 3.8) is 0 Å². The molecule has 0 bridgehead atoms. The maximum Gasteiger partial charge on any atom is 0.272 e. The van der Waals surface area contributed by atoms with Crippen molar-refractivity contribution in [2.24, 2.45) is 5.10 Å². The van der Waals surface area contributed by atoms with Crippen LogP contribution in [0.2, 0.25) is 5.15 Å². The van der Waals surface area contributed by atoms with E-state index in [1.54, 1.807) is 22.9 Å². The van der Waals surface area contributed by atoms with E-state index in [1.165, 1.54) is 6.21 Å². The molecular formula is C18H14BrClN4O. The van der Waals surface area contributed by atoms with Gasteiger partial charge in [-0.3, -0.25) is 4.79 Å². The van der Waals surface area contributed by atoms with Crippen LogP contribution in [0.3, 0.4) is 0 Å². The highest BCUT2D eigenvalue weighted by atomic mass is 79.9. The Morgan fingerprint density at radius 1 is 1.20 bits per heavy atom. The zero-order chi connectivity index (χ0) is 17.8. The predicted molar refractivity (Wildman–Crippen MR) is 103 cm³/mol. The number of nitrogens with one attached hydrogen (secondary N) is 1. The van der Waals surface area contributed by atoms with E-state index in [-0.39, 0.29) is 5.91 Å². The second-order valence-corrected chi connectivity index (χ2v) is 6.43. The minimum Gasteiger partial charge on any atom is -0.267 e. The lowest BCUT2D eigenvalue weighted by atomic mass is 10.2. The van der Waals surface area contributed by atoms with Crippen LogP contribution in [0.1, 0.15) is 21.6 Å². The summed E-state index contributed by atoms with van der Waals surface area (Å²) in [6, 6.07) is 16.7. The van der Waals surface area contributed by atoms with Gasteiger partial charge in [0, 0.05) is 4.47 Å². The van der Waals surface area contributed by atoms with Gasteiger partial charge < -0.3 is 0 Å². The highest BCUT2D eigenvalue weighted by molar-refractivity contribution is 9.10. The highest BCUT2D eigenvalue weighted by Crippen LogP contribution is 2.22. The van der Waals surface area contributed by atoms with Crippen LogP contribution >= 0.6 is 27.5 Å². The first kappa shape index (κ1) is 17.4. The van der Waals surface area contributed by atoms with Gasteiger partial charge in [0.1, 0.15) is 5.15 Å². The lowest BCUT2D eigenvalue weighted by Crippen LogP contribution is -2.18. The Morgan fingerprint density at radius 2 is 1.88 bits per heavy atom. The van der Waals surface area contributed by atoms with Gasteiger partial charge in [0.15, 0.2) is 0 Å². The molecule has 0 aliphatic heterocycles. The Balaban J connectivity index is 1.80. The number of hydrogen-bond acceptors (Lipinski definition) is 3. The van der Waals surface area contributed by atoms with Gasteiger partial charge in [-0.25, -0.2) is 10.1 Å². The van der Waals surface area contributed by atoms with Crippen LogP contribution in [-0.4, -0.2) is 21.9 Å². The minimum absolute atomic E-state index is 0.312. The van der Waals surface area contributed by atoms with Crippen molar-refractivity contribution >= 4 is 39.7 Å². The van der Waals surface area contributed by atoms with Crippen molar-refractivity contribution in [1.82, 2.24) is 15.2 Å². The van der Waals surface area contributed by atoms with Crippen LogP contribution in [0.15, 0.2) is 64.2 Å². The van der Waals surface area contributed by atoms with E-state index in [2.05, 4.69) is 31.6 Å². The van der Waals surface area contributed by atoms with E-state index in [0.717, 1.165) is 5.69 Å². The average molecular weight is 418 g/mol. The lowest BCUT2D eigenvalue weighted by molar-refractivity contribution is 0.0954. The lowest BCUT2D eigenvalue weighted by Gasteiger charge is -2.02. The average Bonchev–Trinajstić information content (AvgIpc) is 2.91. The molecule has 0 fully saturated rings. The maximum atomic E-state index is 12.1. The summed E-state index contributed by atoms with van der Waals surface area (Å²) in [4.78, 5) is 12.1. The Hall–Kier alpha value is -2.44. The largest absolute Gasteiger partial charge is 0.272 e. The third-order valence-electron chi connectivity index (χ3n) is 3.53. The molecular weight excluding hydrogens is 404 g/mol. The predicted octanol–water partition coefficient (Wildman–Crippen LogP) is 4.36. The first-order chi connectivity index (χ1) is 12.1. The summed E-state index contributed by atoms with van der Waals surface area (Å²) in [7, 11) is 0. The van der Waals surface area contributed by atoms with E-state index >= 15 is 0 Å². The van der Waals surface area contributed by atoms with Crippen LogP contribution in [0.5, 0.6) is 0 Å². The van der Waals surface area contributed by atoms with Crippen molar-refractivity contribution < 1.29 is 4.79 Å². The SMILES string of the molecule is Cc1nn(-c2ccccc2)c(Cl)c1C=NNC(=O)c1ccccc1Br. The van der Waals surface area contributed by atoms with Crippen LogP contribution in [0.4, 0.5) is 0 Å². The molecule has 0 saturated heterocycles. The standard InChI is InChI=1S/C18H14BrClN4O/c1-12-15(17(20)24(23-12)13-7-3-2-4-8-13)11-21-22-18(25)14-9-5-6-10-16(14)19/h2-11H,1H3,(H,22,25). The number of hydrogen-bond donors (Lipinski definition) is 1. The second-order valence-electron chi connectivity index (χ2n) is 5.22. The third kappa shape index (κ3) is 3.81. The van der Waals surface area contributed by atoms with E-state index in [0.29, 0.717) is 26.4 Å². The number of nitrogens with zero attached hydrogens (tertiary/aromatic N) is 3. The van der Waals surface area contributed by atoms with E-state index in [1.807, 2.05) is 43.3 Å². The molecule has 0 spiro atoms. The molecule has 1 aromatic heterocycles. The van der Waals surface area contributed by atoms with Gasteiger partial charge in [0.05, 0.1) is 28.7 Å². The molecule has 0 atom stereocenters. The molecule has 2 aromatic carbocycles. The molecule has 5 nitrogen and oxygen atoms in total. The smallest absolute Gasteiger partial charge is 0.267 e. The number of halogens is 2. The molecule has 25 heavy (non-hydrogen) atoms. The summed E-state index contributed by atoms with van der Waals surface area (Å²) in [6.45, 7) is 1.84. The highest BCUT2D eigenvalue weighted by Gasteiger charge is 2.13. The molecule has 3 rings (SSSR count). The molecule has 1 amide bonds. The zero-order valence-corrected chi connectivity index (χ0v) is 15.6. The van der Waals surface area contributed by atoms with Crippen LogP contribution in [0, 0.1) is 6.92 Å². The van der Waals surface area contributed by atoms with Crippen molar-refractivity contribution in [2.75, 3.05) is 0 Å². The summed E-state index contributed by atoms with van der Waals surface area (Å²) >= 11 is 9.75. The molecule has 3 aromatic rings. The van der Waals surface area contributed by atoms with E-state index < -0.39 is 0 Å². The number of benzene rings is 2. The molecule has 0 aliphatic rings. The summed E-state index contributed by atoms with van der Waals surface area (Å²) < 4.78 is 2.34. The van der Waals surface area contributed by atoms with Gasteiger partial charge >= 0.3 is 0 Å². The third-order valence-corrected chi connectivity index (χ3v) is 4.58. The molecule has 126 valence electrons. The number of para-hydroxylation sites is 1. The normalized spacial score (nSPS) is 11.0. The number of carbonyl (C=O) groups excluding carboxylic acids is 1. The Labute approximate surface area is 158 Å².